The molecule has 3 rings (SSSR count). The number of halogens is 3. The van der Waals surface area contributed by atoms with Crippen LogP contribution in [-0.2, 0) is 0 Å². The number of aromatic nitrogens is 2. The highest BCUT2D eigenvalue weighted by Gasteiger charge is 2.31. The van der Waals surface area contributed by atoms with Crippen LogP contribution >= 0.6 is 0 Å². The maximum Gasteiger partial charge on any atom is 0.573 e. The lowest BCUT2D eigenvalue weighted by Crippen LogP contribution is -2.43. The number of unbranched alkanes of at least 4 members (excludes halogenated alkanes) is 2. The minimum absolute atomic E-state index is 0.251. The molecule has 194 valence electrons. The van der Waals surface area contributed by atoms with E-state index < -0.39 is 6.36 Å². The fourth-order valence-electron chi connectivity index (χ4n) is 4.02. The van der Waals surface area contributed by atoms with Gasteiger partial charge in [-0.3, -0.25) is 5.10 Å². The molecule has 8 heteroatoms. The van der Waals surface area contributed by atoms with Crippen molar-refractivity contribution < 1.29 is 17.9 Å². The molecule has 36 heavy (non-hydrogen) atoms. The number of rotatable bonds is 12. The van der Waals surface area contributed by atoms with E-state index in [2.05, 4.69) is 63.7 Å². The summed E-state index contributed by atoms with van der Waals surface area (Å²) in [6.45, 7) is 8.11. The number of hydrogen-bond donors (Lipinski definition) is 3. The smallest absolute Gasteiger partial charge is 0.406 e. The topological polar surface area (TPSA) is 62.0 Å². The fraction of sp³-hybridized carbons (Fsp3) is 0.393. The zero-order valence-electron chi connectivity index (χ0n) is 21.1. The number of aromatic amines is 1. The number of benzene rings is 1. The van der Waals surface area contributed by atoms with Crippen LogP contribution in [0.1, 0.15) is 52.0 Å². The summed E-state index contributed by atoms with van der Waals surface area (Å²) in [5, 5.41) is 13.9. The van der Waals surface area contributed by atoms with Crippen LogP contribution in [-0.4, -0.2) is 29.6 Å². The molecule has 0 atom stereocenters. The molecule has 1 aliphatic heterocycles. The van der Waals surface area contributed by atoms with E-state index in [1.165, 1.54) is 17.7 Å². The number of nitrogens with one attached hydrogen (secondary N) is 3. The van der Waals surface area contributed by atoms with Crippen LogP contribution in [0.25, 0.3) is 5.57 Å². The molecule has 1 aromatic carbocycles. The van der Waals surface area contributed by atoms with Gasteiger partial charge >= 0.3 is 6.36 Å². The average Bonchev–Trinajstić information content (AvgIpc) is 3.33. The first kappa shape index (κ1) is 27.3. The first-order valence-corrected chi connectivity index (χ1v) is 12.4. The molecule has 2 aromatic rings. The van der Waals surface area contributed by atoms with Gasteiger partial charge in [-0.25, -0.2) is 0 Å². The van der Waals surface area contributed by atoms with Crippen molar-refractivity contribution >= 4 is 11.3 Å². The van der Waals surface area contributed by atoms with Gasteiger partial charge < -0.3 is 15.4 Å². The molecule has 0 spiro atoms. The SMILES string of the molecule is CCC\C=C(C(/C(=C\C=C\CCC)c1cn[nH]c1)=C(/C)Nc1ccc(OC(F)(F)F)cc1)\C1CNC1. The van der Waals surface area contributed by atoms with E-state index in [0.29, 0.717) is 11.6 Å². The van der Waals surface area contributed by atoms with Gasteiger partial charge in [-0.2, -0.15) is 5.10 Å². The van der Waals surface area contributed by atoms with Crippen molar-refractivity contribution in [2.45, 2.75) is 52.8 Å². The van der Waals surface area contributed by atoms with Gasteiger partial charge in [0.05, 0.1) is 6.20 Å². The third-order valence-corrected chi connectivity index (χ3v) is 5.89. The fourth-order valence-corrected chi connectivity index (χ4v) is 4.02. The predicted molar refractivity (Wildman–Crippen MR) is 139 cm³/mol. The van der Waals surface area contributed by atoms with Crippen molar-refractivity contribution in [1.82, 2.24) is 15.5 Å². The number of anilines is 1. The minimum atomic E-state index is -4.72. The van der Waals surface area contributed by atoms with Crippen LogP contribution < -0.4 is 15.4 Å². The van der Waals surface area contributed by atoms with Gasteiger partial charge in [0.25, 0.3) is 0 Å². The zero-order valence-corrected chi connectivity index (χ0v) is 21.1. The molecule has 0 unspecified atom stereocenters. The van der Waals surface area contributed by atoms with Crippen LogP contribution in [0.2, 0.25) is 0 Å². The number of nitrogens with zero attached hydrogens (tertiary/aromatic N) is 1. The highest BCUT2D eigenvalue weighted by atomic mass is 19.4. The number of ether oxygens (including phenoxy) is 1. The molecule has 5 nitrogen and oxygen atoms in total. The van der Waals surface area contributed by atoms with E-state index in [9.17, 15) is 13.2 Å². The molecule has 0 radical (unpaired) electrons. The summed E-state index contributed by atoms with van der Waals surface area (Å²) in [7, 11) is 0. The third-order valence-electron chi connectivity index (χ3n) is 5.89. The molecular weight excluding hydrogens is 465 g/mol. The molecular formula is C28H35F3N4O. The third kappa shape index (κ3) is 7.88. The number of hydrogen-bond acceptors (Lipinski definition) is 4. The Balaban J connectivity index is 2.06. The lowest BCUT2D eigenvalue weighted by atomic mass is 9.81. The Morgan fingerprint density at radius 1 is 1.14 bits per heavy atom. The average molecular weight is 501 g/mol. The summed E-state index contributed by atoms with van der Waals surface area (Å²) in [5.41, 5.74) is 5.92. The maximum absolute atomic E-state index is 12.6. The van der Waals surface area contributed by atoms with Gasteiger partial charge in [0.15, 0.2) is 0 Å². The normalized spacial score (nSPS) is 16.2. The minimum Gasteiger partial charge on any atom is -0.406 e. The van der Waals surface area contributed by atoms with Crippen molar-refractivity contribution in [3.05, 3.63) is 83.4 Å². The predicted octanol–water partition coefficient (Wildman–Crippen LogP) is 7.38. The molecule has 1 aromatic heterocycles. The lowest BCUT2D eigenvalue weighted by molar-refractivity contribution is -0.274. The van der Waals surface area contributed by atoms with Gasteiger partial charge in [-0.1, -0.05) is 51.0 Å². The van der Waals surface area contributed by atoms with E-state index in [-0.39, 0.29) is 5.75 Å². The quantitative estimate of drug-likeness (QED) is 0.266. The Morgan fingerprint density at radius 3 is 2.42 bits per heavy atom. The van der Waals surface area contributed by atoms with Crippen LogP contribution in [0.4, 0.5) is 18.9 Å². The van der Waals surface area contributed by atoms with E-state index in [1.807, 2.05) is 19.3 Å². The highest BCUT2D eigenvalue weighted by molar-refractivity contribution is 5.86. The summed E-state index contributed by atoms with van der Waals surface area (Å²) in [6, 6.07) is 5.80. The molecule has 1 aliphatic rings. The molecule has 1 saturated heterocycles. The number of allylic oxidation sites excluding steroid dienone is 7. The molecule has 1 fully saturated rings. The Bertz CT molecular complexity index is 1080. The first-order chi connectivity index (χ1) is 17.3. The second-order valence-electron chi connectivity index (χ2n) is 8.78. The van der Waals surface area contributed by atoms with E-state index in [4.69, 9.17) is 0 Å². The summed E-state index contributed by atoms with van der Waals surface area (Å²) >= 11 is 0. The molecule has 0 aliphatic carbocycles. The van der Waals surface area contributed by atoms with Crippen molar-refractivity contribution in [3.63, 3.8) is 0 Å². The van der Waals surface area contributed by atoms with Gasteiger partial charge in [0.2, 0.25) is 0 Å². The van der Waals surface area contributed by atoms with Crippen molar-refractivity contribution in [2.75, 3.05) is 18.4 Å². The Kier molecular flexibility index (Phi) is 9.99. The molecule has 0 saturated carbocycles. The Hall–Kier alpha value is -3.26. The largest absolute Gasteiger partial charge is 0.573 e. The number of H-pyrrole nitrogens is 1. The van der Waals surface area contributed by atoms with Crippen LogP contribution in [0.5, 0.6) is 5.75 Å². The molecule has 0 bridgehead atoms. The van der Waals surface area contributed by atoms with Gasteiger partial charge in [0, 0.05) is 47.7 Å². The van der Waals surface area contributed by atoms with Crippen LogP contribution in [0.15, 0.2) is 77.8 Å². The first-order valence-electron chi connectivity index (χ1n) is 12.4. The summed E-state index contributed by atoms with van der Waals surface area (Å²) in [4.78, 5) is 0. The van der Waals surface area contributed by atoms with Crippen molar-refractivity contribution in [1.29, 1.82) is 0 Å². The van der Waals surface area contributed by atoms with Gasteiger partial charge in [-0.05, 0) is 55.2 Å². The monoisotopic (exact) mass is 500 g/mol. The summed E-state index contributed by atoms with van der Waals surface area (Å²) in [6.07, 6.45) is 11.7. The zero-order chi connectivity index (χ0) is 26.0. The highest BCUT2D eigenvalue weighted by Crippen LogP contribution is 2.37. The van der Waals surface area contributed by atoms with E-state index >= 15 is 0 Å². The Labute approximate surface area is 211 Å². The van der Waals surface area contributed by atoms with Crippen molar-refractivity contribution in [3.8, 4) is 5.75 Å². The second kappa shape index (κ2) is 13.2. The van der Waals surface area contributed by atoms with Crippen LogP contribution in [0.3, 0.4) is 0 Å². The maximum atomic E-state index is 12.6. The van der Waals surface area contributed by atoms with E-state index in [1.54, 1.807) is 12.1 Å². The van der Waals surface area contributed by atoms with Crippen molar-refractivity contribution in [2.24, 2.45) is 5.92 Å². The lowest BCUT2D eigenvalue weighted by Gasteiger charge is -2.33. The number of alkyl halides is 3. The molecule has 0 amide bonds. The standard InChI is InChI=1S/C28H35F3N4O/c1-4-6-8-9-11-26(22-18-33-34-19-22)27(25(10-7-5-2)21-16-32-17-21)20(3)35-23-12-14-24(15-13-23)36-28(29,30)31/h8-15,18-19,21,32,35H,4-7,16-17H2,1-3H3,(H,33,34)/b9-8+,25-10-,26-11-,27-20+. The molecule has 2 heterocycles. The van der Waals surface area contributed by atoms with Gasteiger partial charge in [-0.15, -0.1) is 13.2 Å². The Morgan fingerprint density at radius 2 is 1.86 bits per heavy atom. The van der Waals surface area contributed by atoms with Gasteiger partial charge in [0.1, 0.15) is 5.75 Å². The second-order valence-corrected chi connectivity index (χ2v) is 8.78. The van der Waals surface area contributed by atoms with E-state index in [0.717, 1.165) is 61.2 Å². The summed E-state index contributed by atoms with van der Waals surface area (Å²) < 4.78 is 41.7. The van der Waals surface area contributed by atoms with Crippen LogP contribution in [0, 0.1) is 5.92 Å². The summed E-state index contributed by atoms with van der Waals surface area (Å²) in [5.74, 6) is 0.125. The molecule has 3 N–H and O–H groups in total.